The highest BCUT2D eigenvalue weighted by Gasteiger charge is 1.99. The standard InChI is InChI=1S/C12H12N2OS/c1-9(15)10-2-4-11(5-3-10)13-6-12-7-16-8-14-12/h2-5,7-8,13H,6H2,1H3. The van der Waals surface area contributed by atoms with E-state index in [1.165, 1.54) is 0 Å². The molecular weight excluding hydrogens is 220 g/mol. The highest BCUT2D eigenvalue weighted by atomic mass is 32.1. The minimum Gasteiger partial charge on any atom is -0.379 e. The summed E-state index contributed by atoms with van der Waals surface area (Å²) in [6.07, 6.45) is 0. The Morgan fingerprint density at radius 3 is 2.69 bits per heavy atom. The largest absolute Gasteiger partial charge is 0.379 e. The van der Waals surface area contributed by atoms with E-state index >= 15 is 0 Å². The van der Waals surface area contributed by atoms with Gasteiger partial charge in [0, 0.05) is 16.6 Å². The van der Waals surface area contributed by atoms with Crippen molar-refractivity contribution in [2.45, 2.75) is 13.5 Å². The molecule has 0 amide bonds. The average Bonchev–Trinajstić information content (AvgIpc) is 2.80. The Hall–Kier alpha value is -1.68. The van der Waals surface area contributed by atoms with Crippen LogP contribution in [0.2, 0.25) is 0 Å². The average molecular weight is 232 g/mol. The van der Waals surface area contributed by atoms with Gasteiger partial charge < -0.3 is 5.32 Å². The molecule has 0 aliphatic heterocycles. The van der Waals surface area contributed by atoms with Crippen LogP contribution in [0.25, 0.3) is 0 Å². The molecule has 0 aliphatic rings. The highest BCUT2D eigenvalue weighted by Crippen LogP contribution is 2.11. The van der Waals surface area contributed by atoms with Crippen molar-refractivity contribution >= 4 is 22.8 Å². The number of thiazole rings is 1. The maximum atomic E-state index is 11.1. The van der Waals surface area contributed by atoms with Crippen LogP contribution >= 0.6 is 11.3 Å². The lowest BCUT2D eigenvalue weighted by Crippen LogP contribution is -2.00. The van der Waals surface area contributed by atoms with E-state index in [-0.39, 0.29) is 5.78 Å². The molecule has 0 fully saturated rings. The van der Waals surface area contributed by atoms with Crippen LogP contribution in [0.4, 0.5) is 5.69 Å². The van der Waals surface area contributed by atoms with Gasteiger partial charge in [0.25, 0.3) is 0 Å². The summed E-state index contributed by atoms with van der Waals surface area (Å²) in [7, 11) is 0. The number of hydrogen-bond acceptors (Lipinski definition) is 4. The molecule has 0 aliphatic carbocycles. The third kappa shape index (κ3) is 2.67. The maximum Gasteiger partial charge on any atom is 0.159 e. The van der Waals surface area contributed by atoms with E-state index in [1.807, 2.05) is 35.2 Å². The van der Waals surface area contributed by atoms with Crippen molar-refractivity contribution in [3.05, 3.63) is 46.4 Å². The Kier molecular flexibility index (Phi) is 3.31. The lowest BCUT2D eigenvalue weighted by molar-refractivity contribution is 0.101. The third-order valence-electron chi connectivity index (χ3n) is 2.25. The fraction of sp³-hybridized carbons (Fsp3) is 0.167. The van der Waals surface area contributed by atoms with Gasteiger partial charge in [-0.15, -0.1) is 11.3 Å². The molecule has 2 aromatic rings. The first-order chi connectivity index (χ1) is 7.75. The van der Waals surface area contributed by atoms with Crippen molar-refractivity contribution in [2.75, 3.05) is 5.32 Å². The lowest BCUT2D eigenvalue weighted by Gasteiger charge is -2.04. The molecule has 0 bridgehead atoms. The number of hydrogen-bond donors (Lipinski definition) is 1. The Morgan fingerprint density at radius 1 is 1.38 bits per heavy atom. The number of anilines is 1. The van der Waals surface area contributed by atoms with E-state index in [9.17, 15) is 4.79 Å². The molecule has 0 radical (unpaired) electrons. The normalized spacial score (nSPS) is 10.1. The summed E-state index contributed by atoms with van der Waals surface area (Å²) >= 11 is 1.59. The van der Waals surface area contributed by atoms with Gasteiger partial charge in [0.15, 0.2) is 5.78 Å². The third-order valence-corrected chi connectivity index (χ3v) is 2.88. The van der Waals surface area contributed by atoms with Crippen molar-refractivity contribution in [2.24, 2.45) is 0 Å². The molecule has 0 spiro atoms. The van der Waals surface area contributed by atoms with Gasteiger partial charge in [-0.2, -0.15) is 0 Å². The first-order valence-corrected chi connectivity index (χ1v) is 5.92. The molecule has 0 saturated heterocycles. The molecule has 0 atom stereocenters. The van der Waals surface area contributed by atoms with Gasteiger partial charge in [0.05, 0.1) is 17.7 Å². The van der Waals surface area contributed by atoms with Crippen LogP contribution in [-0.2, 0) is 6.54 Å². The second-order valence-electron chi connectivity index (χ2n) is 3.47. The Balaban J connectivity index is 1.98. The molecule has 3 nitrogen and oxygen atoms in total. The molecule has 4 heteroatoms. The molecule has 82 valence electrons. The summed E-state index contributed by atoms with van der Waals surface area (Å²) < 4.78 is 0. The van der Waals surface area contributed by atoms with E-state index in [0.717, 1.165) is 16.9 Å². The van der Waals surface area contributed by atoms with Gasteiger partial charge in [-0.1, -0.05) is 0 Å². The van der Waals surface area contributed by atoms with Crippen molar-refractivity contribution in [3.63, 3.8) is 0 Å². The Labute approximate surface area is 98.2 Å². The number of carbonyl (C=O) groups excluding carboxylic acids is 1. The maximum absolute atomic E-state index is 11.1. The second-order valence-corrected chi connectivity index (χ2v) is 4.19. The van der Waals surface area contributed by atoms with Crippen LogP contribution < -0.4 is 5.32 Å². The van der Waals surface area contributed by atoms with E-state index in [0.29, 0.717) is 6.54 Å². The summed E-state index contributed by atoms with van der Waals surface area (Å²) in [5, 5.41) is 5.26. The molecule has 1 N–H and O–H groups in total. The molecule has 1 aromatic heterocycles. The van der Waals surface area contributed by atoms with Crippen LogP contribution in [0, 0.1) is 0 Å². The van der Waals surface area contributed by atoms with Crippen LogP contribution in [0.1, 0.15) is 23.0 Å². The number of benzene rings is 1. The van der Waals surface area contributed by atoms with Crippen molar-refractivity contribution < 1.29 is 4.79 Å². The highest BCUT2D eigenvalue weighted by molar-refractivity contribution is 7.07. The number of rotatable bonds is 4. The summed E-state index contributed by atoms with van der Waals surface area (Å²) in [5.41, 5.74) is 4.58. The molecule has 2 rings (SSSR count). The van der Waals surface area contributed by atoms with Crippen molar-refractivity contribution in [3.8, 4) is 0 Å². The van der Waals surface area contributed by atoms with Crippen molar-refractivity contribution in [1.29, 1.82) is 0 Å². The number of ketones is 1. The second kappa shape index (κ2) is 4.90. The smallest absolute Gasteiger partial charge is 0.159 e. The predicted octanol–water partition coefficient (Wildman–Crippen LogP) is 2.96. The van der Waals surface area contributed by atoms with Crippen LogP contribution in [0.15, 0.2) is 35.2 Å². The first kappa shape index (κ1) is 10.8. The zero-order valence-corrected chi connectivity index (χ0v) is 9.75. The minimum atomic E-state index is 0.0889. The molecule has 1 heterocycles. The Morgan fingerprint density at radius 2 is 2.12 bits per heavy atom. The zero-order valence-electron chi connectivity index (χ0n) is 8.93. The van der Waals surface area contributed by atoms with Crippen LogP contribution in [0.5, 0.6) is 0 Å². The number of aromatic nitrogens is 1. The van der Waals surface area contributed by atoms with E-state index in [4.69, 9.17) is 0 Å². The first-order valence-electron chi connectivity index (χ1n) is 4.97. The van der Waals surface area contributed by atoms with Gasteiger partial charge in [0.1, 0.15) is 0 Å². The van der Waals surface area contributed by atoms with E-state index < -0.39 is 0 Å². The zero-order chi connectivity index (χ0) is 11.4. The SMILES string of the molecule is CC(=O)c1ccc(NCc2cscn2)cc1. The quantitative estimate of drug-likeness (QED) is 0.824. The Bertz CT molecular complexity index is 462. The van der Waals surface area contributed by atoms with Crippen LogP contribution in [-0.4, -0.2) is 10.8 Å². The van der Waals surface area contributed by atoms with Crippen molar-refractivity contribution in [1.82, 2.24) is 4.98 Å². The van der Waals surface area contributed by atoms with Gasteiger partial charge >= 0.3 is 0 Å². The van der Waals surface area contributed by atoms with Gasteiger partial charge in [-0.3, -0.25) is 4.79 Å². The number of Topliss-reactive ketones (excluding diaryl/α,β-unsaturated/α-hetero) is 1. The van der Waals surface area contributed by atoms with Gasteiger partial charge in [-0.25, -0.2) is 4.98 Å². The topological polar surface area (TPSA) is 42.0 Å². The fourth-order valence-electron chi connectivity index (χ4n) is 1.34. The van der Waals surface area contributed by atoms with Crippen LogP contribution in [0.3, 0.4) is 0 Å². The molecule has 16 heavy (non-hydrogen) atoms. The van der Waals surface area contributed by atoms with E-state index in [2.05, 4.69) is 10.3 Å². The predicted molar refractivity (Wildman–Crippen MR) is 65.9 cm³/mol. The summed E-state index contributed by atoms with van der Waals surface area (Å²) in [6, 6.07) is 7.46. The van der Waals surface area contributed by atoms with Gasteiger partial charge in [-0.05, 0) is 31.2 Å². The molecule has 0 unspecified atom stereocenters. The number of nitrogens with zero attached hydrogens (tertiary/aromatic N) is 1. The number of nitrogens with one attached hydrogen (secondary N) is 1. The molecular formula is C12H12N2OS. The lowest BCUT2D eigenvalue weighted by atomic mass is 10.1. The minimum absolute atomic E-state index is 0.0889. The summed E-state index contributed by atoms with van der Waals surface area (Å²) in [6.45, 7) is 2.28. The number of carbonyl (C=O) groups is 1. The fourth-order valence-corrected chi connectivity index (χ4v) is 1.90. The summed E-state index contributed by atoms with van der Waals surface area (Å²) in [5.74, 6) is 0.0889. The van der Waals surface area contributed by atoms with E-state index in [1.54, 1.807) is 18.3 Å². The monoisotopic (exact) mass is 232 g/mol. The van der Waals surface area contributed by atoms with Gasteiger partial charge in [0.2, 0.25) is 0 Å². The molecule has 1 aromatic carbocycles. The summed E-state index contributed by atoms with van der Waals surface area (Å²) in [4.78, 5) is 15.3. The molecule has 0 saturated carbocycles.